The number of nitrogens with two attached hydrogens (primary N) is 1. The van der Waals surface area contributed by atoms with Crippen LogP contribution in [-0.4, -0.2) is 52.0 Å². The molecule has 0 saturated carbocycles. The van der Waals surface area contributed by atoms with Crippen molar-refractivity contribution in [1.82, 2.24) is 15.2 Å². The highest BCUT2D eigenvalue weighted by Gasteiger charge is 2.36. The van der Waals surface area contributed by atoms with E-state index in [1.54, 1.807) is 39.1 Å². The summed E-state index contributed by atoms with van der Waals surface area (Å²) in [5.74, 6) is -1.05. The van der Waals surface area contributed by atoms with E-state index in [9.17, 15) is 14.4 Å². The predicted octanol–water partition coefficient (Wildman–Crippen LogP) is 2.15. The van der Waals surface area contributed by atoms with Crippen molar-refractivity contribution in [2.75, 3.05) is 6.54 Å². The van der Waals surface area contributed by atoms with E-state index >= 15 is 0 Å². The summed E-state index contributed by atoms with van der Waals surface area (Å²) in [5, 5.41) is 2.69. The number of likely N-dealkylation sites (tertiary alicyclic amines) is 1. The standard InChI is InChI=1S/C19H27BrN4O4/c1-19(2,3)28-18(27)24-9-5-4-6-14(24)17(26)23-13(16(21)25)10-12-7-8-15(20)22-11-12/h7-8,11,13-14H,4-6,9-10H2,1-3H3,(H2,21,25)(H,23,26). The number of carbonyl (C=O) groups excluding carboxylic acids is 3. The van der Waals surface area contributed by atoms with Gasteiger partial charge < -0.3 is 15.8 Å². The first-order valence-electron chi connectivity index (χ1n) is 9.26. The normalized spacial score (nSPS) is 18.3. The number of piperidine rings is 1. The lowest BCUT2D eigenvalue weighted by Crippen LogP contribution is -2.56. The lowest BCUT2D eigenvalue weighted by Gasteiger charge is -2.36. The van der Waals surface area contributed by atoms with Crippen LogP contribution in [0.15, 0.2) is 22.9 Å². The molecule has 154 valence electrons. The van der Waals surface area contributed by atoms with E-state index in [0.717, 1.165) is 18.4 Å². The Balaban J connectivity index is 2.08. The number of hydrogen-bond acceptors (Lipinski definition) is 5. The average molecular weight is 455 g/mol. The summed E-state index contributed by atoms with van der Waals surface area (Å²) in [5.41, 5.74) is 5.59. The zero-order valence-electron chi connectivity index (χ0n) is 16.4. The van der Waals surface area contributed by atoms with E-state index in [-0.39, 0.29) is 6.42 Å². The van der Waals surface area contributed by atoms with E-state index in [4.69, 9.17) is 10.5 Å². The van der Waals surface area contributed by atoms with Crippen molar-refractivity contribution in [2.24, 2.45) is 5.73 Å². The zero-order chi connectivity index (χ0) is 20.9. The molecule has 0 aromatic carbocycles. The van der Waals surface area contributed by atoms with Gasteiger partial charge in [-0.05, 0) is 67.6 Å². The largest absolute Gasteiger partial charge is 0.444 e. The van der Waals surface area contributed by atoms with Crippen LogP contribution in [-0.2, 0) is 20.7 Å². The Labute approximate surface area is 173 Å². The van der Waals surface area contributed by atoms with Crippen LogP contribution in [0.5, 0.6) is 0 Å². The van der Waals surface area contributed by atoms with Gasteiger partial charge in [0.25, 0.3) is 0 Å². The van der Waals surface area contributed by atoms with Crippen LogP contribution in [0.4, 0.5) is 4.79 Å². The Morgan fingerprint density at radius 1 is 1.36 bits per heavy atom. The van der Waals surface area contributed by atoms with Gasteiger partial charge in [-0.1, -0.05) is 6.07 Å². The van der Waals surface area contributed by atoms with Crippen molar-refractivity contribution in [2.45, 2.75) is 64.1 Å². The van der Waals surface area contributed by atoms with E-state index in [1.807, 2.05) is 0 Å². The summed E-state index contributed by atoms with van der Waals surface area (Å²) >= 11 is 3.25. The molecule has 8 nitrogen and oxygen atoms in total. The number of ether oxygens (including phenoxy) is 1. The Morgan fingerprint density at radius 3 is 2.64 bits per heavy atom. The summed E-state index contributed by atoms with van der Waals surface area (Å²) in [4.78, 5) is 42.7. The number of primary amides is 1. The van der Waals surface area contributed by atoms with Crippen LogP contribution in [0.3, 0.4) is 0 Å². The highest BCUT2D eigenvalue weighted by atomic mass is 79.9. The van der Waals surface area contributed by atoms with E-state index in [2.05, 4.69) is 26.2 Å². The molecule has 2 atom stereocenters. The number of hydrogen-bond donors (Lipinski definition) is 2. The third-order valence-corrected chi connectivity index (χ3v) is 4.79. The molecule has 1 aliphatic rings. The van der Waals surface area contributed by atoms with Gasteiger partial charge >= 0.3 is 6.09 Å². The molecule has 0 bridgehead atoms. The maximum absolute atomic E-state index is 12.8. The number of pyridine rings is 1. The number of nitrogens with one attached hydrogen (secondary N) is 1. The van der Waals surface area contributed by atoms with Gasteiger partial charge in [-0.25, -0.2) is 9.78 Å². The van der Waals surface area contributed by atoms with Crippen LogP contribution in [0.25, 0.3) is 0 Å². The molecule has 3 amide bonds. The minimum absolute atomic E-state index is 0.223. The summed E-state index contributed by atoms with van der Waals surface area (Å²) in [7, 11) is 0. The summed E-state index contributed by atoms with van der Waals surface area (Å²) < 4.78 is 6.09. The Kier molecular flexibility index (Phi) is 7.40. The monoisotopic (exact) mass is 454 g/mol. The lowest BCUT2D eigenvalue weighted by atomic mass is 10.0. The molecule has 28 heavy (non-hydrogen) atoms. The fourth-order valence-corrected chi connectivity index (χ4v) is 3.23. The van der Waals surface area contributed by atoms with E-state index in [0.29, 0.717) is 17.6 Å². The molecule has 0 aliphatic carbocycles. The molecule has 2 unspecified atom stereocenters. The number of aromatic nitrogens is 1. The van der Waals surface area contributed by atoms with Crippen LogP contribution in [0, 0.1) is 0 Å². The Morgan fingerprint density at radius 2 is 2.07 bits per heavy atom. The third-order valence-electron chi connectivity index (χ3n) is 4.32. The summed E-state index contributed by atoms with van der Waals surface area (Å²) in [6.07, 6.45) is 3.43. The van der Waals surface area contributed by atoms with Crippen molar-refractivity contribution in [3.63, 3.8) is 0 Å². The fraction of sp³-hybridized carbons (Fsp3) is 0.579. The first-order valence-corrected chi connectivity index (χ1v) is 10.1. The van der Waals surface area contributed by atoms with Crippen molar-refractivity contribution < 1.29 is 19.1 Å². The topological polar surface area (TPSA) is 115 Å². The van der Waals surface area contributed by atoms with Gasteiger partial charge in [0.15, 0.2) is 0 Å². The number of rotatable bonds is 5. The number of halogens is 1. The van der Waals surface area contributed by atoms with Crippen molar-refractivity contribution in [3.05, 3.63) is 28.5 Å². The van der Waals surface area contributed by atoms with Gasteiger partial charge in [-0.2, -0.15) is 0 Å². The fourth-order valence-electron chi connectivity index (χ4n) is 3.00. The second kappa shape index (κ2) is 9.36. The van der Waals surface area contributed by atoms with Gasteiger partial charge in [0, 0.05) is 19.2 Å². The van der Waals surface area contributed by atoms with Gasteiger partial charge in [-0.3, -0.25) is 14.5 Å². The SMILES string of the molecule is CC(C)(C)OC(=O)N1CCCCC1C(=O)NC(Cc1ccc(Br)nc1)C(N)=O. The second-order valence-electron chi connectivity index (χ2n) is 7.84. The molecule has 1 aromatic rings. The van der Waals surface area contributed by atoms with Gasteiger partial charge in [0.05, 0.1) is 0 Å². The van der Waals surface area contributed by atoms with Gasteiger partial charge in [-0.15, -0.1) is 0 Å². The molecular formula is C19H27BrN4O4. The van der Waals surface area contributed by atoms with E-state index in [1.165, 1.54) is 4.90 Å². The summed E-state index contributed by atoms with van der Waals surface area (Å²) in [6, 6.07) is 1.97. The molecule has 9 heteroatoms. The molecule has 1 aromatic heterocycles. The minimum atomic E-state index is -0.891. The molecule has 0 spiro atoms. The first-order chi connectivity index (χ1) is 13.1. The van der Waals surface area contributed by atoms with Crippen molar-refractivity contribution >= 4 is 33.8 Å². The molecule has 3 N–H and O–H groups in total. The smallest absolute Gasteiger partial charge is 0.410 e. The maximum Gasteiger partial charge on any atom is 0.410 e. The Hall–Kier alpha value is -2.16. The van der Waals surface area contributed by atoms with Crippen LogP contribution < -0.4 is 11.1 Å². The molecule has 1 saturated heterocycles. The zero-order valence-corrected chi connectivity index (χ0v) is 18.0. The number of carbonyl (C=O) groups is 3. The van der Waals surface area contributed by atoms with Crippen LogP contribution >= 0.6 is 15.9 Å². The molecule has 1 fully saturated rings. The molecule has 2 rings (SSSR count). The molecular weight excluding hydrogens is 428 g/mol. The highest BCUT2D eigenvalue weighted by Crippen LogP contribution is 2.21. The second-order valence-corrected chi connectivity index (χ2v) is 8.65. The third kappa shape index (κ3) is 6.47. The highest BCUT2D eigenvalue weighted by molar-refractivity contribution is 9.10. The first kappa shape index (κ1) is 22.1. The summed E-state index contributed by atoms with van der Waals surface area (Å²) in [6.45, 7) is 5.77. The average Bonchev–Trinajstić information content (AvgIpc) is 2.61. The lowest BCUT2D eigenvalue weighted by molar-refractivity contribution is -0.131. The molecule has 1 aliphatic heterocycles. The van der Waals surface area contributed by atoms with E-state index < -0.39 is 35.6 Å². The maximum atomic E-state index is 12.8. The van der Waals surface area contributed by atoms with Crippen molar-refractivity contribution in [3.8, 4) is 0 Å². The molecule has 2 heterocycles. The van der Waals surface area contributed by atoms with Crippen LogP contribution in [0.1, 0.15) is 45.6 Å². The number of amides is 3. The van der Waals surface area contributed by atoms with Crippen molar-refractivity contribution in [1.29, 1.82) is 0 Å². The van der Waals surface area contributed by atoms with Gasteiger partial charge in [0.1, 0.15) is 22.3 Å². The quantitative estimate of drug-likeness (QED) is 0.661. The predicted molar refractivity (Wildman–Crippen MR) is 107 cm³/mol. The van der Waals surface area contributed by atoms with Crippen LogP contribution in [0.2, 0.25) is 0 Å². The Bertz CT molecular complexity index is 718. The molecule has 0 radical (unpaired) electrons. The van der Waals surface area contributed by atoms with Gasteiger partial charge in [0.2, 0.25) is 11.8 Å². The number of nitrogens with zero attached hydrogens (tertiary/aromatic N) is 2. The minimum Gasteiger partial charge on any atom is -0.444 e.